The fraction of sp³-hybridized carbons (Fsp3) is 0.167. The summed E-state index contributed by atoms with van der Waals surface area (Å²) >= 11 is 0. The van der Waals surface area contributed by atoms with Gasteiger partial charge in [-0.15, -0.1) is 0 Å². The van der Waals surface area contributed by atoms with Gasteiger partial charge in [-0.3, -0.25) is 0 Å². The van der Waals surface area contributed by atoms with Gasteiger partial charge in [-0.1, -0.05) is 30.3 Å². The Labute approximate surface area is 83.0 Å². The molecule has 72 valence electrons. The molecule has 0 aromatic heterocycles. The molecule has 14 heavy (non-hydrogen) atoms. The smallest absolute Gasteiger partial charge is 0.0471 e. The Morgan fingerprint density at radius 1 is 1.00 bits per heavy atom. The molecule has 0 heterocycles. The molecule has 0 aliphatic rings. The Morgan fingerprint density at radius 3 is 2.43 bits per heavy atom. The molecule has 0 saturated heterocycles. The number of hydrogen-bond donors (Lipinski definition) is 2. The van der Waals surface area contributed by atoms with Crippen LogP contribution in [0.4, 0.5) is 5.69 Å². The Morgan fingerprint density at radius 2 is 1.71 bits per heavy atom. The second-order valence-corrected chi connectivity index (χ2v) is 3.33. The summed E-state index contributed by atoms with van der Waals surface area (Å²) in [7, 11) is 0. The minimum Gasteiger partial charge on any atom is -0.398 e. The van der Waals surface area contributed by atoms with E-state index in [2.05, 4.69) is 0 Å². The Bertz CT molecular complexity index is 451. The molecule has 0 aliphatic carbocycles. The lowest BCUT2D eigenvalue weighted by atomic mass is 10.0. The molecule has 0 radical (unpaired) electrons. The number of aliphatic hydroxyl groups excluding tert-OH is 1. The van der Waals surface area contributed by atoms with Crippen molar-refractivity contribution < 1.29 is 5.11 Å². The summed E-state index contributed by atoms with van der Waals surface area (Å²) in [5.74, 6) is 0. The molecule has 0 aliphatic heterocycles. The normalized spacial score (nSPS) is 10.6. The molecule has 0 saturated carbocycles. The van der Waals surface area contributed by atoms with Crippen LogP contribution in [0.5, 0.6) is 0 Å². The van der Waals surface area contributed by atoms with Gasteiger partial charge in [0, 0.05) is 17.7 Å². The highest BCUT2D eigenvalue weighted by Gasteiger charge is 2.02. The number of benzene rings is 2. The molecule has 2 aromatic rings. The number of fused-ring (bicyclic) bond motifs is 1. The third-order valence-electron chi connectivity index (χ3n) is 2.43. The van der Waals surface area contributed by atoms with Crippen LogP contribution in [-0.4, -0.2) is 11.7 Å². The topological polar surface area (TPSA) is 46.2 Å². The molecule has 0 fully saturated rings. The van der Waals surface area contributed by atoms with Crippen LogP contribution in [0.25, 0.3) is 10.8 Å². The highest BCUT2D eigenvalue weighted by Crippen LogP contribution is 2.24. The van der Waals surface area contributed by atoms with Gasteiger partial charge in [-0.2, -0.15) is 0 Å². The van der Waals surface area contributed by atoms with Crippen molar-refractivity contribution in [3.8, 4) is 0 Å². The molecular formula is C12H13NO. The largest absolute Gasteiger partial charge is 0.398 e. The van der Waals surface area contributed by atoms with Gasteiger partial charge >= 0.3 is 0 Å². The first-order chi connectivity index (χ1) is 6.83. The van der Waals surface area contributed by atoms with Crippen LogP contribution in [0.15, 0.2) is 36.4 Å². The fourth-order valence-corrected chi connectivity index (χ4v) is 1.72. The zero-order valence-corrected chi connectivity index (χ0v) is 7.90. The van der Waals surface area contributed by atoms with Crippen molar-refractivity contribution in [3.63, 3.8) is 0 Å². The van der Waals surface area contributed by atoms with E-state index in [-0.39, 0.29) is 6.61 Å². The maximum absolute atomic E-state index is 8.92. The van der Waals surface area contributed by atoms with Crippen LogP contribution in [0.3, 0.4) is 0 Å². The zero-order chi connectivity index (χ0) is 9.97. The van der Waals surface area contributed by atoms with Gasteiger partial charge in [-0.25, -0.2) is 0 Å². The first kappa shape index (κ1) is 9.03. The van der Waals surface area contributed by atoms with Crippen LogP contribution >= 0.6 is 0 Å². The second kappa shape index (κ2) is 3.68. The summed E-state index contributed by atoms with van der Waals surface area (Å²) in [5, 5.41) is 11.1. The molecule has 0 atom stereocenters. The molecule has 2 aromatic carbocycles. The molecule has 2 nitrogen and oxygen atoms in total. The average molecular weight is 187 g/mol. The lowest BCUT2D eigenvalue weighted by Gasteiger charge is -2.07. The van der Waals surface area contributed by atoms with Crippen molar-refractivity contribution >= 4 is 16.5 Å². The summed E-state index contributed by atoms with van der Waals surface area (Å²) in [6, 6.07) is 11.9. The first-order valence-corrected chi connectivity index (χ1v) is 4.70. The van der Waals surface area contributed by atoms with E-state index in [1.165, 1.54) is 0 Å². The van der Waals surface area contributed by atoms with Crippen molar-refractivity contribution in [3.05, 3.63) is 42.0 Å². The van der Waals surface area contributed by atoms with Gasteiger partial charge in [0.05, 0.1) is 0 Å². The van der Waals surface area contributed by atoms with Gasteiger partial charge in [0.15, 0.2) is 0 Å². The summed E-state index contributed by atoms with van der Waals surface area (Å²) in [6.45, 7) is 0.175. The van der Waals surface area contributed by atoms with Crippen molar-refractivity contribution in [2.24, 2.45) is 0 Å². The predicted molar refractivity (Wildman–Crippen MR) is 59.2 cm³/mol. The van der Waals surface area contributed by atoms with Crippen LogP contribution in [-0.2, 0) is 6.42 Å². The van der Waals surface area contributed by atoms with Gasteiger partial charge in [0.2, 0.25) is 0 Å². The zero-order valence-electron chi connectivity index (χ0n) is 7.90. The van der Waals surface area contributed by atoms with Gasteiger partial charge < -0.3 is 10.8 Å². The standard InChI is InChI=1S/C12H13NO/c13-12-6-5-9(7-8-14)10-3-1-2-4-11(10)12/h1-6,14H,7-8,13H2. The van der Waals surface area contributed by atoms with E-state index in [0.717, 1.165) is 22.0 Å². The summed E-state index contributed by atoms with van der Waals surface area (Å²) in [5.41, 5.74) is 7.80. The summed E-state index contributed by atoms with van der Waals surface area (Å²) in [6.07, 6.45) is 0.681. The fourth-order valence-electron chi connectivity index (χ4n) is 1.72. The van der Waals surface area contributed by atoms with Gasteiger partial charge in [0.1, 0.15) is 0 Å². The van der Waals surface area contributed by atoms with Crippen LogP contribution in [0.1, 0.15) is 5.56 Å². The van der Waals surface area contributed by atoms with E-state index < -0.39 is 0 Å². The van der Waals surface area contributed by atoms with Gasteiger partial charge in [0.25, 0.3) is 0 Å². The third kappa shape index (κ3) is 1.44. The number of anilines is 1. The van der Waals surface area contributed by atoms with Crippen LogP contribution in [0.2, 0.25) is 0 Å². The summed E-state index contributed by atoms with van der Waals surface area (Å²) < 4.78 is 0. The minimum absolute atomic E-state index is 0.175. The van der Waals surface area contributed by atoms with E-state index in [9.17, 15) is 0 Å². The lowest BCUT2D eigenvalue weighted by Crippen LogP contribution is -1.94. The Hall–Kier alpha value is -1.54. The number of nitrogens with two attached hydrogens (primary N) is 1. The molecule has 2 rings (SSSR count). The second-order valence-electron chi connectivity index (χ2n) is 3.33. The average Bonchev–Trinajstić information content (AvgIpc) is 2.23. The number of hydrogen-bond acceptors (Lipinski definition) is 2. The lowest BCUT2D eigenvalue weighted by molar-refractivity contribution is 0.300. The maximum atomic E-state index is 8.92. The van der Waals surface area contributed by atoms with Crippen molar-refractivity contribution in [1.82, 2.24) is 0 Å². The quantitative estimate of drug-likeness (QED) is 0.706. The maximum Gasteiger partial charge on any atom is 0.0471 e. The van der Waals surface area contributed by atoms with Gasteiger partial charge in [-0.05, 0) is 23.4 Å². The molecule has 0 amide bonds. The monoisotopic (exact) mass is 187 g/mol. The van der Waals surface area contributed by atoms with Crippen molar-refractivity contribution in [2.75, 3.05) is 12.3 Å². The van der Waals surface area contributed by atoms with Crippen LogP contribution < -0.4 is 5.73 Å². The van der Waals surface area contributed by atoms with E-state index >= 15 is 0 Å². The summed E-state index contributed by atoms with van der Waals surface area (Å²) in [4.78, 5) is 0. The van der Waals surface area contributed by atoms with E-state index in [1.54, 1.807) is 0 Å². The first-order valence-electron chi connectivity index (χ1n) is 4.70. The molecule has 0 spiro atoms. The molecule has 0 unspecified atom stereocenters. The molecule has 2 heteroatoms. The minimum atomic E-state index is 0.175. The van der Waals surface area contributed by atoms with E-state index in [4.69, 9.17) is 10.8 Å². The SMILES string of the molecule is Nc1ccc(CCO)c2ccccc12. The molecular weight excluding hydrogens is 174 g/mol. The van der Waals surface area contributed by atoms with E-state index in [1.807, 2.05) is 36.4 Å². The van der Waals surface area contributed by atoms with Crippen LogP contribution in [0, 0.1) is 0 Å². The number of aliphatic hydroxyl groups is 1. The highest BCUT2D eigenvalue weighted by atomic mass is 16.2. The predicted octanol–water partition coefficient (Wildman–Crippen LogP) is 1.96. The number of rotatable bonds is 2. The Kier molecular flexibility index (Phi) is 2.37. The van der Waals surface area contributed by atoms with Crippen molar-refractivity contribution in [2.45, 2.75) is 6.42 Å². The van der Waals surface area contributed by atoms with E-state index in [0.29, 0.717) is 6.42 Å². The highest BCUT2D eigenvalue weighted by molar-refractivity contribution is 5.95. The Balaban J connectivity index is 2.68. The number of nitrogen functional groups attached to an aromatic ring is 1. The third-order valence-corrected chi connectivity index (χ3v) is 2.43. The molecule has 0 bridgehead atoms. The molecule has 3 N–H and O–H groups in total. The van der Waals surface area contributed by atoms with Crippen molar-refractivity contribution in [1.29, 1.82) is 0 Å².